The molecule has 0 aliphatic heterocycles. The Morgan fingerprint density at radius 3 is 0.569 bits per heavy atom. The van der Waals surface area contributed by atoms with E-state index < -0.39 is 0 Å². The highest BCUT2D eigenvalue weighted by Gasteiger charge is 2.34. The zero-order valence-electron chi connectivity index (χ0n) is 84.3. The normalized spacial score (nSPS) is 10.9. The average molecular weight is 1830 g/mol. The van der Waals surface area contributed by atoms with Crippen LogP contribution in [0.25, 0.3) is 107 Å². The van der Waals surface area contributed by atoms with Crippen LogP contribution < -0.4 is 22.8 Å². The summed E-state index contributed by atoms with van der Waals surface area (Å²) in [5.74, 6) is 8.93. The van der Waals surface area contributed by atoms with E-state index in [1.807, 2.05) is 0 Å². The lowest BCUT2D eigenvalue weighted by atomic mass is 9.92. The first-order chi connectivity index (χ1) is 63.1. The number of aryl methyl sites for hydroxylation is 9. The molecule has 0 amide bonds. The van der Waals surface area contributed by atoms with E-state index in [-0.39, 0.29) is 37.1 Å². The zero-order valence-corrected chi connectivity index (χ0v) is 84.3. The van der Waals surface area contributed by atoms with Crippen LogP contribution in [0.1, 0.15) is 257 Å². The van der Waals surface area contributed by atoms with Gasteiger partial charge in [0.25, 0.3) is 29.1 Å². The first-order valence-electron chi connectivity index (χ1n) is 47.5. The van der Waals surface area contributed by atoms with Crippen molar-refractivity contribution in [1.29, 1.82) is 0 Å². The van der Waals surface area contributed by atoms with Crippen molar-refractivity contribution in [3.63, 3.8) is 0 Å². The number of hydrogen-bond acceptors (Lipinski definition) is 0. The molecule has 10 nitrogen and oxygen atoms in total. The van der Waals surface area contributed by atoms with Crippen molar-refractivity contribution in [3.05, 3.63) is 405 Å². The van der Waals surface area contributed by atoms with E-state index in [9.17, 15) is 0 Å². The number of nitrogens with zero attached hydrogens (tertiary/aromatic N) is 10. The zero-order chi connectivity index (χ0) is 95.0. The molecule has 0 spiro atoms. The molecule has 5 aromatic heterocycles. The molecule has 0 saturated heterocycles. The molecule has 0 atom stereocenters. The molecule has 0 N–H and O–H groups in total. The molecule has 0 saturated carbocycles. The Kier molecular flexibility index (Phi) is 37.8. The highest BCUT2D eigenvalue weighted by atomic mass is 15.2. The maximum atomic E-state index is 2.43. The average Bonchev–Trinajstić information content (AvgIpc) is 1.60. The van der Waals surface area contributed by atoms with E-state index in [1.165, 1.54) is 208 Å². The van der Waals surface area contributed by atoms with Gasteiger partial charge >= 0.3 is 0 Å². The summed E-state index contributed by atoms with van der Waals surface area (Å²) in [5.41, 5.74) is 41.7. The first-order valence-corrected chi connectivity index (χ1v) is 47.5. The van der Waals surface area contributed by atoms with Gasteiger partial charge < -0.3 is 0 Å². The third-order valence-corrected chi connectivity index (χ3v) is 26.9. The van der Waals surface area contributed by atoms with Crippen LogP contribution in [0.5, 0.6) is 0 Å². The predicted octanol–water partition coefficient (Wildman–Crippen LogP) is 31.8. The fraction of sp³-hybridized carbons (Fsp3) is 0.315. The lowest BCUT2D eigenvalue weighted by Gasteiger charge is -2.17. The van der Waals surface area contributed by atoms with E-state index >= 15 is 0 Å². The second-order valence-electron chi connectivity index (χ2n) is 38.1. The summed E-state index contributed by atoms with van der Waals surface area (Å²) in [6.45, 7) is 53.6. The molecule has 0 aliphatic carbocycles. The fourth-order valence-electron chi connectivity index (χ4n) is 19.2. The maximum absolute atomic E-state index is 2.43. The van der Waals surface area contributed by atoms with Crippen LogP contribution in [0.3, 0.4) is 0 Å². The third kappa shape index (κ3) is 22.8. The topological polar surface area (TPSA) is 44.0 Å². The highest BCUT2D eigenvalue weighted by Crippen LogP contribution is 2.38. The van der Waals surface area contributed by atoms with Gasteiger partial charge in [-0.3, -0.25) is 0 Å². The van der Waals surface area contributed by atoms with E-state index in [4.69, 9.17) is 0 Å². The van der Waals surface area contributed by atoms with Crippen LogP contribution in [0.2, 0.25) is 0 Å². The lowest BCUT2D eigenvalue weighted by molar-refractivity contribution is -0.603. The number of imidazole rings is 5. The summed E-state index contributed by atoms with van der Waals surface area (Å²) in [7, 11) is 10.8. The maximum Gasteiger partial charge on any atom is 0.294 e. The lowest BCUT2D eigenvalue weighted by Crippen LogP contribution is -2.35. The van der Waals surface area contributed by atoms with E-state index in [0.29, 0.717) is 35.5 Å². The Labute approximate surface area is 826 Å². The number of rotatable bonds is 18. The molecule has 0 bridgehead atoms. The smallest absolute Gasteiger partial charge is 0.230 e. The fourth-order valence-corrected chi connectivity index (χ4v) is 19.2. The molecule has 17 rings (SSSR count). The summed E-state index contributed by atoms with van der Waals surface area (Å²) in [6, 6.07) is 97.7. The SMILES string of the molecule is C.C.C.C.C.Cc1ccccc1-c1c[n+](-c2c(C(C)C)cccc2C(C)C)c(-c2ccccc2)n1C.Cc1ccccc1-c1c[n+](-c2c(C(C)C)cccc2C(C)C)c(C)n1C.Cc1ccccc1-c1c[n+](-c2c(C(C)C)cccc2C(C)C)c(C)n1C.Cc1ccccc1-c1c[n+](-c2c(C)cccc2C)c(-c2ccccc2)n1C.Cc1ccccc1-c1c[n+](-c2c(C)cccc2C)c(C)n1C. The van der Waals surface area contributed by atoms with Crippen LogP contribution in [-0.4, -0.2) is 22.8 Å². The van der Waals surface area contributed by atoms with Crippen LogP contribution in [-0.2, 0) is 35.2 Å². The number of benzene rings is 12. The van der Waals surface area contributed by atoms with Crippen molar-refractivity contribution >= 4 is 0 Å². The molecule has 17 aromatic rings. The van der Waals surface area contributed by atoms with Gasteiger partial charge in [0, 0.05) is 82.0 Å². The minimum Gasteiger partial charge on any atom is -0.230 e. The molecule has 0 aliphatic rings. The minimum absolute atomic E-state index is 0. The van der Waals surface area contributed by atoms with Crippen LogP contribution >= 0.6 is 0 Å². The van der Waals surface area contributed by atoms with Crippen LogP contribution in [0.15, 0.2) is 304 Å². The summed E-state index contributed by atoms with van der Waals surface area (Å²) in [5, 5.41) is 0. The van der Waals surface area contributed by atoms with Gasteiger partial charge in [-0.25, -0.2) is 22.8 Å². The van der Waals surface area contributed by atoms with E-state index in [1.54, 1.807) is 0 Å². The highest BCUT2D eigenvalue weighted by molar-refractivity contribution is 5.71. The Morgan fingerprint density at radius 1 is 0.175 bits per heavy atom. The first kappa shape index (κ1) is 109. The third-order valence-electron chi connectivity index (χ3n) is 26.9. The van der Waals surface area contributed by atoms with Gasteiger partial charge in [-0.15, -0.1) is 0 Å². The van der Waals surface area contributed by atoms with Crippen molar-refractivity contribution in [2.24, 2.45) is 35.2 Å². The number of aromatic nitrogens is 10. The van der Waals surface area contributed by atoms with Gasteiger partial charge in [0.15, 0.2) is 28.5 Å². The molecule has 0 radical (unpaired) electrons. The molecule has 12 aromatic carbocycles. The van der Waals surface area contributed by atoms with Crippen LogP contribution in [0, 0.1) is 83.1 Å². The minimum atomic E-state index is 0. The van der Waals surface area contributed by atoms with Gasteiger partial charge in [-0.2, -0.15) is 22.8 Å². The Balaban J connectivity index is 0.000000209. The van der Waals surface area contributed by atoms with Crippen LogP contribution in [0.4, 0.5) is 0 Å². The molecule has 10 heteroatoms. The van der Waals surface area contributed by atoms with Gasteiger partial charge in [-0.1, -0.05) is 369 Å². The number of hydrogen-bond donors (Lipinski definition) is 0. The molecule has 0 fully saturated rings. The van der Waals surface area contributed by atoms with Crippen molar-refractivity contribution < 1.29 is 22.8 Å². The van der Waals surface area contributed by atoms with Crippen molar-refractivity contribution in [2.75, 3.05) is 0 Å². The Bertz CT molecular complexity index is 6640. The van der Waals surface area contributed by atoms with Gasteiger partial charge in [0.2, 0.25) is 0 Å². The second kappa shape index (κ2) is 47.4. The van der Waals surface area contributed by atoms with Gasteiger partial charge in [0.1, 0.15) is 59.4 Å². The summed E-state index contributed by atoms with van der Waals surface area (Å²) < 4.78 is 23.4. The molecular formula is C127H163N10+5. The summed E-state index contributed by atoms with van der Waals surface area (Å²) in [6.07, 6.45) is 11.5. The molecule has 5 heterocycles. The standard InChI is InChI=1S/C29H33N2.C25H25N2.2C24H31N2.C20H23N2.5CH4/c1-20(2)24-17-12-18-25(21(3)4)28(24)31-19-27(26-16-11-10-13-22(26)5)30(6)29(31)23-14-8-7-9-15-23;1-18-11-8-9-16-22(18)23-17-27(24-19(2)12-10-13-20(24)3)25(26(23)4)21-14-6-5-7-15-21;2*1-16(2)20-13-10-14-21(17(3)4)24(20)26-15-23(25(7)19(26)6)22-12-9-8-11-18(22)5;1-14-9-6-7-12-18(14)19-13-22(17(4)21(19)5)20-15(2)10-8-11-16(20)3;;;;;/h7-21H,1-6H3;5-17H,1-4H3;2*8-17H,1-7H3;6-13H,1-5H3;5*1H4/q5*+1;;;;;. The largest absolute Gasteiger partial charge is 0.294 e. The molecule has 137 heavy (non-hydrogen) atoms. The van der Waals surface area contributed by atoms with Crippen molar-refractivity contribution in [1.82, 2.24) is 22.8 Å². The van der Waals surface area contributed by atoms with Gasteiger partial charge in [0.05, 0.1) is 46.4 Å². The molecular weight excluding hydrogens is 1670 g/mol. The monoisotopic (exact) mass is 1830 g/mol. The molecule has 0 unspecified atom stereocenters. The quantitative estimate of drug-likeness (QED) is 0.0769. The summed E-state index contributed by atoms with van der Waals surface area (Å²) >= 11 is 0. The summed E-state index contributed by atoms with van der Waals surface area (Å²) in [4.78, 5) is 0. The molecule has 716 valence electrons. The second-order valence-corrected chi connectivity index (χ2v) is 38.1. The van der Waals surface area contributed by atoms with Crippen molar-refractivity contribution in [3.8, 4) is 107 Å². The van der Waals surface area contributed by atoms with E-state index in [0.717, 1.165) is 0 Å². The number of para-hydroxylation sites is 5. The van der Waals surface area contributed by atoms with E-state index in [2.05, 4.69) is 551 Å². The Hall–Kier alpha value is -13.3. The predicted molar refractivity (Wildman–Crippen MR) is 588 cm³/mol. The Morgan fingerprint density at radius 2 is 0.343 bits per heavy atom. The van der Waals surface area contributed by atoms with Gasteiger partial charge in [-0.05, 0) is 172 Å². The van der Waals surface area contributed by atoms with Crippen molar-refractivity contribution in [2.45, 2.75) is 239 Å².